The smallest absolute Gasteiger partial charge is 0.421 e. The van der Waals surface area contributed by atoms with Crippen molar-refractivity contribution in [1.82, 2.24) is 19.6 Å². The SMILES string of the molecule is CCCC(C#N)CCC(c1ccc(OC(OC(=O)C(=O)OC(Oc2ccc(C(CCC(C#N)CCC)N(C)CCc3ccc(OC)c(OC)c3)cc2OC)C(=O)N(CC(C)O[N+](=O)[O-])CC(C)O[N+](=O)[O-])C(=O)N(CC(C)O[N+](=O)[O-])CC(C)O[N+](=O)[O-])c(OC)c1)N(C)CCc1ccc(OC)c(OC)c1. The molecular weight excluding hydrogens is 1400 g/mol. The van der Waals surface area contributed by atoms with Crippen molar-refractivity contribution in [2.75, 3.05) is 96.0 Å². The highest BCUT2D eigenvalue weighted by atomic mass is 17.0. The first-order valence-electron chi connectivity index (χ1n) is 34.0. The number of nitrogens with zero attached hydrogens (tertiary/aromatic N) is 10. The van der Waals surface area contributed by atoms with Gasteiger partial charge in [0.15, 0.2) is 46.0 Å². The van der Waals surface area contributed by atoms with Crippen molar-refractivity contribution in [3.05, 3.63) is 136 Å². The zero-order valence-electron chi connectivity index (χ0n) is 62.1. The van der Waals surface area contributed by atoms with E-state index in [1.165, 1.54) is 54.8 Å². The first-order chi connectivity index (χ1) is 50.5. The van der Waals surface area contributed by atoms with Gasteiger partial charge in [0.2, 0.25) is 0 Å². The van der Waals surface area contributed by atoms with Crippen LogP contribution in [0.2, 0.25) is 0 Å². The predicted octanol–water partition coefficient (Wildman–Crippen LogP) is 8.85. The lowest BCUT2D eigenvalue weighted by Gasteiger charge is -2.32. The van der Waals surface area contributed by atoms with Crippen LogP contribution in [-0.2, 0) is 60.8 Å². The number of carbonyl (C=O) groups excluding carboxylic acids is 4. The van der Waals surface area contributed by atoms with Crippen LogP contribution in [0.15, 0.2) is 72.8 Å². The number of benzene rings is 4. The van der Waals surface area contributed by atoms with Gasteiger partial charge in [0.1, 0.15) is 24.4 Å². The molecule has 0 aromatic heterocycles. The minimum absolute atomic E-state index is 0.112. The Labute approximate surface area is 614 Å². The average Bonchev–Trinajstić information content (AvgIpc) is 0.819. The van der Waals surface area contributed by atoms with Gasteiger partial charge in [-0.3, -0.25) is 19.4 Å². The molecule has 4 aromatic carbocycles. The van der Waals surface area contributed by atoms with E-state index < -0.39 is 119 Å². The van der Waals surface area contributed by atoms with Crippen molar-refractivity contribution in [3.8, 4) is 58.1 Å². The summed E-state index contributed by atoms with van der Waals surface area (Å²) in [6.07, 6.45) is -5.73. The van der Waals surface area contributed by atoms with Gasteiger partial charge in [-0.2, -0.15) is 10.5 Å². The van der Waals surface area contributed by atoms with Gasteiger partial charge >= 0.3 is 36.3 Å². The van der Waals surface area contributed by atoms with Crippen LogP contribution in [0.4, 0.5) is 0 Å². The Bertz CT molecular complexity index is 3350. The molecule has 0 spiro atoms. The summed E-state index contributed by atoms with van der Waals surface area (Å²) >= 11 is 0. The van der Waals surface area contributed by atoms with Gasteiger partial charge in [-0.15, -0.1) is 40.5 Å². The van der Waals surface area contributed by atoms with Gasteiger partial charge in [0, 0.05) is 63.2 Å². The molecule has 582 valence electrons. The number of hydrogen-bond donors (Lipinski definition) is 0. The lowest BCUT2D eigenvalue weighted by molar-refractivity contribution is -0.768. The van der Waals surface area contributed by atoms with Gasteiger partial charge < -0.3 is 76.5 Å². The maximum absolute atomic E-state index is 15.1. The Kier molecular flexibility index (Phi) is 36.6. The number of carbonyl (C=O) groups is 4. The lowest BCUT2D eigenvalue weighted by atomic mass is 9.92. The standard InChI is InChI=1S/C70H96N10O26/c1-15-17-51(39-71)19-25-55(73(7)33-31-49-21-27-57(93-9)61(35-49)95-11)53-23-29-59(63(37-53)97-13)99-69(65(81)75(41-45(3)103-77(85)86)42-46(4)104-78(87)88)101-67(83)68(84)102-70(66(82)76(43-47(5)105-79(89)90)44-48(6)106-80(91)92)100-60-30-24-54(38-64(60)98-14)56(26-20-52(40-72)18-16-2)74(8)34-32-50-22-28-58(94-10)62(36-50)96-12/h21-24,27-30,35-38,45-48,51-52,55-56,69-70H,15-20,25-26,31-34,41-44H2,1-14H3. The van der Waals surface area contributed by atoms with E-state index in [1.54, 1.807) is 36.4 Å². The summed E-state index contributed by atoms with van der Waals surface area (Å²) in [5, 5.41) is 61.8. The predicted molar refractivity (Wildman–Crippen MR) is 374 cm³/mol. The number of amides is 2. The lowest BCUT2D eigenvalue weighted by Crippen LogP contribution is -2.51. The highest BCUT2D eigenvalue weighted by molar-refractivity contribution is 6.30. The van der Waals surface area contributed by atoms with Crippen molar-refractivity contribution in [2.45, 2.75) is 155 Å². The van der Waals surface area contributed by atoms with E-state index in [-0.39, 0.29) is 34.8 Å². The van der Waals surface area contributed by atoms with Gasteiger partial charge in [-0.05, 0) is 164 Å². The van der Waals surface area contributed by atoms with Crippen LogP contribution < -0.4 is 37.9 Å². The highest BCUT2D eigenvalue weighted by Gasteiger charge is 2.40. The normalized spacial score (nSPS) is 13.8. The Morgan fingerprint density at radius 1 is 0.425 bits per heavy atom. The fraction of sp³-hybridized carbons (Fsp3) is 0.571. The quantitative estimate of drug-likeness (QED) is 0.0131. The van der Waals surface area contributed by atoms with Gasteiger partial charge in [0.05, 0.1) is 54.8 Å². The first kappa shape index (κ1) is 87.3. The topological polar surface area (TPSA) is 431 Å². The minimum Gasteiger partial charge on any atom is -0.493 e. The number of ether oxygens (including phenoxy) is 10. The van der Waals surface area contributed by atoms with E-state index in [4.69, 9.17) is 47.4 Å². The van der Waals surface area contributed by atoms with E-state index in [1.807, 2.05) is 52.2 Å². The summed E-state index contributed by atoms with van der Waals surface area (Å²) in [5.74, 6) is -6.54. The molecule has 0 bridgehead atoms. The molecule has 0 saturated carbocycles. The number of nitriles is 2. The molecule has 0 radical (unpaired) electrons. The van der Waals surface area contributed by atoms with Crippen LogP contribution in [0.5, 0.6) is 46.0 Å². The molecule has 0 fully saturated rings. The summed E-state index contributed by atoms with van der Waals surface area (Å²) in [6.45, 7) is 6.36. The van der Waals surface area contributed by atoms with Crippen LogP contribution in [0.3, 0.4) is 0 Å². The largest absolute Gasteiger partial charge is 0.493 e. The van der Waals surface area contributed by atoms with Crippen molar-refractivity contribution in [1.29, 1.82) is 10.5 Å². The average molecular weight is 1490 g/mol. The molecule has 10 atom stereocenters. The van der Waals surface area contributed by atoms with E-state index in [0.29, 0.717) is 108 Å². The minimum atomic E-state index is -2.68. The van der Waals surface area contributed by atoms with E-state index >= 15 is 9.59 Å². The van der Waals surface area contributed by atoms with Crippen LogP contribution >= 0.6 is 0 Å². The molecule has 0 heterocycles. The summed E-state index contributed by atoms with van der Waals surface area (Å²) in [7, 11) is 12.3. The Morgan fingerprint density at radius 2 is 0.717 bits per heavy atom. The molecule has 0 aliphatic heterocycles. The van der Waals surface area contributed by atoms with Crippen molar-refractivity contribution < 1.29 is 106 Å². The third-order valence-electron chi connectivity index (χ3n) is 16.9. The molecule has 0 aliphatic carbocycles. The molecule has 10 unspecified atom stereocenters. The molecule has 0 saturated heterocycles. The maximum Gasteiger partial charge on any atom is 0.421 e. The fourth-order valence-electron chi connectivity index (χ4n) is 11.8. The van der Waals surface area contributed by atoms with E-state index in [9.17, 15) is 60.6 Å². The maximum atomic E-state index is 15.1. The molecule has 0 aliphatic rings. The third kappa shape index (κ3) is 28.1. The Balaban J connectivity index is 1.92. The molecule has 36 heteroatoms. The van der Waals surface area contributed by atoms with Gasteiger partial charge in [0.25, 0.3) is 20.3 Å². The van der Waals surface area contributed by atoms with Crippen LogP contribution in [0.1, 0.15) is 127 Å². The second-order valence-electron chi connectivity index (χ2n) is 24.8. The number of esters is 2. The molecule has 0 N–H and O–H groups in total. The molecule has 4 aromatic rings. The summed E-state index contributed by atoms with van der Waals surface area (Å²) in [4.78, 5) is 130. The van der Waals surface area contributed by atoms with Gasteiger partial charge in [-0.25, -0.2) is 9.59 Å². The third-order valence-corrected chi connectivity index (χ3v) is 16.9. The summed E-state index contributed by atoms with van der Waals surface area (Å²) in [6, 6.07) is 24.0. The Morgan fingerprint density at radius 3 is 0.991 bits per heavy atom. The van der Waals surface area contributed by atoms with E-state index in [2.05, 4.69) is 41.3 Å². The summed E-state index contributed by atoms with van der Waals surface area (Å²) in [5.41, 5.74) is 3.04. The zero-order valence-corrected chi connectivity index (χ0v) is 62.1. The molecule has 36 nitrogen and oxygen atoms in total. The number of rotatable bonds is 50. The summed E-state index contributed by atoms with van der Waals surface area (Å²) < 4.78 is 56.9. The van der Waals surface area contributed by atoms with Crippen molar-refractivity contribution in [3.63, 3.8) is 0 Å². The van der Waals surface area contributed by atoms with Crippen molar-refractivity contribution in [2.24, 2.45) is 11.8 Å². The molecule has 106 heavy (non-hydrogen) atoms. The second kappa shape index (κ2) is 44.5. The zero-order chi connectivity index (χ0) is 78.7. The number of hydrogen-bond acceptors (Lipinski definition) is 30. The van der Waals surface area contributed by atoms with E-state index in [0.717, 1.165) is 51.7 Å². The fourth-order valence-corrected chi connectivity index (χ4v) is 11.8. The van der Waals surface area contributed by atoms with Crippen molar-refractivity contribution >= 4 is 23.8 Å². The molecule has 4 rings (SSSR count). The highest BCUT2D eigenvalue weighted by Crippen LogP contribution is 2.39. The van der Waals surface area contributed by atoms with Crippen LogP contribution in [-0.4, -0.2) is 197 Å². The van der Waals surface area contributed by atoms with Gasteiger partial charge in [-0.1, -0.05) is 51.0 Å². The molecular formula is C70H96N10O26. The van der Waals surface area contributed by atoms with Crippen LogP contribution in [0, 0.1) is 75.0 Å². The number of methoxy groups -OCH3 is 6. The Hall–Kier alpha value is -11.1. The monoisotopic (exact) mass is 1490 g/mol. The second-order valence-corrected chi connectivity index (χ2v) is 24.8. The molecule has 2 amide bonds. The first-order valence-corrected chi connectivity index (χ1v) is 34.0. The number of likely N-dealkylation sites (N-methyl/N-ethyl adjacent to an activating group) is 2. The van der Waals surface area contributed by atoms with Crippen LogP contribution in [0.25, 0.3) is 0 Å².